The maximum Gasteiger partial charge on any atom is 0.416 e. The number of aromatic nitrogens is 1. The van der Waals surface area contributed by atoms with E-state index in [1.54, 1.807) is 41.8 Å². The number of fused-ring (bicyclic) bond motifs is 1. The summed E-state index contributed by atoms with van der Waals surface area (Å²) in [5.41, 5.74) is -2.67. The van der Waals surface area contributed by atoms with Crippen LogP contribution in [0.5, 0.6) is 0 Å². The predicted octanol–water partition coefficient (Wildman–Crippen LogP) is 6.58. The molecular formula is C25H18F6N2O2S. The Labute approximate surface area is 205 Å². The van der Waals surface area contributed by atoms with Gasteiger partial charge in [0.2, 0.25) is 0 Å². The number of halogens is 6. The van der Waals surface area contributed by atoms with Crippen LogP contribution in [0.3, 0.4) is 0 Å². The Bertz CT molecular complexity index is 1470. The molecule has 0 unspecified atom stereocenters. The van der Waals surface area contributed by atoms with Crippen molar-refractivity contribution in [1.29, 1.82) is 0 Å². The second kappa shape index (κ2) is 9.12. The first-order valence-electron chi connectivity index (χ1n) is 10.5. The number of carbonyl (C=O) groups is 1. The van der Waals surface area contributed by atoms with E-state index in [0.29, 0.717) is 33.3 Å². The Balaban J connectivity index is 1.82. The number of rotatable bonds is 4. The SMILES string of the molecule is CN(Cc1cc(C(F)(F)F)cc(C(F)(F)F)c1)C(=O)c1c(-c2ccccc2)c2ccsc2c(=O)n1C. The van der Waals surface area contributed by atoms with E-state index in [1.807, 2.05) is 0 Å². The molecule has 0 atom stereocenters. The molecule has 0 aliphatic heterocycles. The minimum Gasteiger partial charge on any atom is -0.336 e. The molecular weight excluding hydrogens is 506 g/mol. The van der Waals surface area contributed by atoms with Gasteiger partial charge in [0, 0.05) is 31.6 Å². The monoisotopic (exact) mass is 524 g/mol. The van der Waals surface area contributed by atoms with Crippen LogP contribution < -0.4 is 5.56 Å². The van der Waals surface area contributed by atoms with Crippen molar-refractivity contribution >= 4 is 27.3 Å². The topological polar surface area (TPSA) is 42.3 Å². The van der Waals surface area contributed by atoms with Crippen LogP contribution >= 0.6 is 11.3 Å². The Morgan fingerprint density at radius 3 is 2.08 bits per heavy atom. The fourth-order valence-corrected chi connectivity index (χ4v) is 4.88. The molecule has 4 nitrogen and oxygen atoms in total. The molecule has 0 saturated carbocycles. The lowest BCUT2D eigenvalue weighted by atomic mass is 9.99. The number of alkyl halides is 6. The summed E-state index contributed by atoms with van der Waals surface area (Å²) in [5.74, 6) is -0.729. The van der Waals surface area contributed by atoms with Gasteiger partial charge < -0.3 is 9.47 Å². The zero-order valence-electron chi connectivity index (χ0n) is 18.9. The van der Waals surface area contributed by atoms with Crippen LogP contribution in [0.4, 0.5) is 26.3 Å². The summed E-state index contributed by atoms with van der Waals surface area (Å²) in [6, 6.07) is 11.7. The summed E-state index contributed by atoms with van der Waals surface area (Å²) < 4.78 is 81.2. The van der Waals surface area contributed by atoms with E-state index >= 15 is 0 Å². The van der Waals surface area contributed by atoms with Crippen LogP contribution in [0.15, 0.2) is 64.8 Å². The van der Waals surface area contributed by atoms with Gasteiger partial charge in [-0.2, -0.15) is 26.3 Å². The van der Waals surface area contributed by atoms with Gasteiger partial charge in [-0.15, -0.1) is 11.3 Å². The van der Waals surface area contributed by atoms with E-state index in [2.05, 4.69) is 0 Å². The molecule has 0 N–H and O–H groups in total. The van der Waals surface area contributed by atoms with Crippen molar-refractivity contribution in [1.82, 2.24) is 9.47 Å². The van der Waals surface area contributed by atoms with E-state index in [-0.39, 0.29) is 17.3 Å². The molecule has 4 rings (SSSR count). The molecule has 0 spiro atoms. The van der Waals surface area contributed by atoms with Crippen molar-refractivity contribution < 1.29 is 31.1 Å². The lowest BCUT2D eigenvalue weighted by Crippen LogP contribution is -2.33. The van der Waals surface area contributed by atoms with Crippen LogP contribution in [-0.4, -0.2) is 22.4 Å². The molecule has 0 fully saturated rings. The van der Waals surface area contributed by atoms with Crippen molar-refractivity contribution in [3.63, 3.8) is 0 Å². The Morgan fingerprint density at radius 1 is 0.944 bits per heavy atom. The number of benzene rings is 2. The van der Waals surface area contributed by atoms with E-state index < -0.39 is 41.5 Å². The number of pyridine rings is 1. The fraction of sp³-hybridized carbons (Fsp3) is 0.200. The molecule has 0 aliphatic carbocycles. The Morgan fingerprint density at radius 2 is 1.53 bits per heavy atom. The van der Waals surface area contributed by atoms with Crippen molar-refractivity contribution in [2.75, 3.05) is 7.05 Å². The Hall–Kier alpha value is -3.60. The molecule has 0 radical (unpaired) electrons. The third kappa shape index (κ3) is 4.75. The number of amides is 1. The first kappa shape index (κ1) is 25.5. The third-order valence-electron chi connectivity index (χ3n) is 5.68. The second-order valence-corrected chi connectivity index (χ2v) is 9.11. The van der Waals surface area contributed by atoms with Gasteiger partial charge >= 0.3 is 12.4 Å². The van der Waals surface area contributed by atoms with Gasteiger partial charge in [0.15, 0.2) is 0 Å². The standard InChI is InChI=1S/C25H18F6N2O2S/c1-32(13-14-10-16(24(26,27)28)12-17(11-14)25(29,30)31)22(34)20-19(15-6-4-3-5-7-15)18-8-9-36-21(18)23(35)33(20)2/h3-12H,13H2,1-2H3. The summed E-state index contributed by atoms with van der Waals surface area (Å²) in [7, 11) is 2.66. The van der Waals surface area contributed by atoms with Gasteiger partial charge in [0.1, 0.15) is 10.4 Å². The maximum absolute atomic E-state index is 13.6. The number of thiophene rings is 1. The summed E-state index contributed by atoms with van der Waals surface area (Å²) in [4.78, 5) is 27.5. The summed E-state index contributed by atoms with van der Waals surface area (Å²) in [6.07, 6.45) is -10.0. The number of nitrogens with zero attached hydrogens (tertiary/aromatic N) is 2. The highest BCUT2D eigenvalue weighted by atomic mass is 32.1. The summed E-state index contributed by atoms with van der Waals surface area (Å²) >= 11 is 1.20. The average molecular weight is 524 g/mol. The number of hydrogen-bond donors (Lipinski definition) is 0. The zero-order chi connectivity index (χ0) is 26.4. The average Bonchev–Trinajstić information content (AvgIpc) is 3.30. The van der Waals surface area contributed by atoms with Crippen molar-refractivity contribution in [3.8, 4) is 11.1 Å². The quantitative estimate of drug-likeness (QED) is 0.283. The van der Waals surface area contributed by atoms with Crippen molar-refractivity contribution in [2.24, 2.45) is 7.05 Å². The second-order valence-electron chi connectivity index (χ2n) is 8.19. The molecule has 2 aromatic carbocycles. The Kier molecular flexibility index (Phi) is 6.46. The molecule has 0 bridgehead atoms. The number of hydrogen-bond acceptors (Lipinski definition) is 3. The molecule has 11 heteroatoms. The molecule has 0 saturated heterocycles. The summed E-state index contributed by atoms with van der Waals surface area (Å²) in [6.45, 7) is -0.546. The van der Waals surface area contributed by atoms with Gasteiger partial charge in [-0.3, -0.25) is 9.59 Å². The summed E-state index contributed by atoms with van der Waals surface area (Å²) in [5, 5.41) is 2.24. The fourth-order valence-electron chi connectivity index (χ4n) is 4.01. The smallest absolute Gasteiger partial charge is 0.336 e. The van der Waals surface area contributed by atoms with Gasteiger partial charge in [-0.1, -0.05) is 30.3 Å². The van der Waals surface area contributed by atoms with E-state index in [9.17, 15) is 35.9 Å². The van der Waals surface area contributed by atoms with Crippen molar-refractivity contribution in [2.45, 2.75) is 18.9 Å². The van der Waals surface area contributed by atoms with Crippen LogP contribution in [0, 0.1) is 0 Å². The molecule has 36 heavy (non-hydrogen) atoms. The largest absolute Gasteiger partial charge is 0.416 e. The third-order valence-corrected chi connectivity index (χ3v) is 6.59. The first-order valence-corrected chi connectivity index (χ1v) is 11.4. The zero-order valence-corrected chi connectivity index (χ0v) is 19.7. The van der Waals surface area contributed by atoms with Crippen molar-refractivity contribution in [3.05, 3.63) is 92.7 Å². The van der Waals surface area contributed by atoms with E-state index in [4.69, 9.17) is 0 Å². The normalized spacial score (nSPS) is 12.2. The van der Waals surface area contributed by atoms with Crippen LogP contribution in [-0.2, 0) is 25.9 Å². The van der Waals surface area contributed by atoms with E-state index in [1.165, 1.54) is 25.4 Å². The molecule has 2 aromatic heterocycles. The first-order chi connectivity index (χ1) is 16.8. The van der Waals surface area contributed by atoms with Gasteiger partial charge in [0.25, 0.3) is 11.5 Å². The van der Waals surface area contributed by atoms with Gasteiger partial charge in [-0.05, 0) is 40.8 Å². The highest BCUT2D eigenvalue weighted by Gasteiger charge is 2.37. The molecule has 4 aromatic rings. The molecule has 0 aliphatic rings. The van der Waals surface area contributed by atoms with Crippen LogP contribution in [0.1, 0.15) is 27.2 Å². The van der Waals surface area contributed by atoms with Gasteiger partial charge in [-0.25, -0.2) is 0 Å². The highest BCUT2D eigenvalue weighted by Crippen LogP contribution is 2.37. The van der Waals surface area contributed by atoms with Gasteiger partial charge in [0.05, 0.1) is 11.1 Å². The molecule has 1 amide bonds. The molecule has 188 valence electrons. The lowest BCUT2D eigenvalue weighted by molar-refractivity contribution is -0.143. The number of carbonyl (C=O) groups excluding carboxylic acids is 1. The maximum atomic E-state index is 13.6. The van der Waals surface area contributed by atoms with E-state index in [0.717, 1.165) is 9.47 Å². The minimum atomic E-state index is -5.01. The minimum absolute atomic E-state index is 0.0254. The lowest BCUT2D eigenvalue weighted by Gasteiger charge is -2.23. The predicted molar refractivity (Wildman–Crippen MR) is 125 cm³/mol. The van der Waals surface area contributed by atoms with Crippen LogP contribution in [0.2, 0.25) is 0 Å². The van der Waals surface area contributed by atoms with Crippen LogP contribution in [0.25, 0.3) is 21.2 Å². The molecule has 2 heterocycles. The highest BCUT2D eigenvalue weighted by molar-refractivity contribution is 7.17.